The van der Waals surface area contributed by atoms with Crippen LogP contribution >= 0.6 is 39.0 Å². The summed E-state index contributed by atoms with van der Waals surface area (Å²) in [4.78, 5) is 14.1. The molecule has 3 heterocycles. The number of nitrogens with zero attached hydrogens (tertiary/aromatic N) is 3. The first-order chi connectivity index (χ1) is 11.8. The van der Waals surface area contributed by atoms with Crippen molar-refractivity contribution in [2.75, 3.05) is 0 Å². The molecule has 0 atom stereocenters. The highest BCUT2D eigenvalue weighted by Crippen LogP contribution is 2.32. The van der Waals surface area contributed by atoms with Crippen LogP contribution in [-0.4, -0.2) is 15.0 Å². The van der Waals surface area contributed by atoms with Crippen LogP contribution in [0.4, 0.5) is 0 Å². The molecule has 0 saturated heterocycles. The van der Waals surface area contributed by atoms with Crippen LogP contribution in [0.1, 0.15) is 0 Å². The number of thiophene rings is 1. The van der Waals surface area contributed by atoms with Crippen LogP contribution < -0.4 is 0 Å². The third kappa shape index (κ3) is 3.43. The summed E-state index contributed by atoms with van der Waals surface area (Å²) in [5.41, 5.74) is 1.88. The molecule has 4 aromatic rings. The predicted octanol–water partition coefficient (Wildman–Crippen LogP) is 5.77. The molecule has 0 aliphatic carbocycles. The molecule has 0 N–H and O–H groups in total. The molecule has 118 valence electrons. The van der Waals surface area contributed by atoms with Gasteiger partial charge in [0.25, 0.3) is 5.22 Å². The summed E-state index contributed by atoms with van der Waals surface area (Å²) in [5, 5.41) is 3.39. The lowest BCUT2D eigenvalue weighted by Gasteiger charge is -2.00. The van der Waals surface area contributed by atoms with Gasteiger partial charge >= 0.3 is 0 Å². The molecule has 24 heavy (non-hydrogen) atoms. The Hall–Kier alpha value is -1.96. The van der Waals surface area contributed by atoms with Gasteiger partial charge < -0.3 is 4.42 Å². The molecule has 7 heteroatoms. The molecule has 0 amide bonds. The fourth-order valence-electron chi connectivity index (χ4n) is 2.12. The van der Waals surface area contributed by atoms with E-state index in [2.05, 4.69) is 30.9 Å². The van der Waals surface area contributed by atoms with Crippen LogP contribution in [0.2, 0.25) is 0 Å². The highest BCUT2D eigenvalue weighted by atomic mass is 79.9. The normalized spacial score (nSPS) is 10.9. The summed E-state index contributed by atoms with van der Waals surface area (Å²) in [5.74, 6) is 0.728. The van der Waals surface area contributed by atoms with Crippen molar-refractivity contribution in [1.82, 2.24) is 15.0 Å². The van der Waals surface area contributed by atoms with Crippen LogP contribution in [0.3, 0.4) is 0 Å². The van der Waals surface area contributed by atoms with Crippen molar-refractivity contribution < 1.29 is 4.42 Å². The summed E-state index contributed by atoms with van der Waals surface area (Å²) < 4.78 is 6.83. The molecule has 4 rings (SSSR count). The highest BCUT2D eigenvalue weighted by molar-refractivity contribution is 9.10. The zero-order chi connectivity index (χ0) is 16.4. The number of hydrogen-bond donors (Lipinski definition) is 0. The minimum absolute atomic E-state index is 0.556. The van der Waals surface area contributed by atoms with Crippen molar-refractivity contribution in [2.45, 2.75) is 10.2 Å². The van der Waals surface area contributed by atoms with Gasteiger partial charge in [0.05, 0.1) is 16.8 Å². The number of aromatic nitrogens is 3. The van der Waals surface area contributed by atoms with Crippen molar-refractivity contribution in [1.29, 1.82) is 0 Å². The van der Waals surface area contributed by atoms with E-state index in [-0.39, 0.29) is 0 Å². The molecule has 0 saturated carbocycles. The van der Waals surface area contributed by atoms with Gasteiger partial charge in [0.2, 0.25) is 0 Å². The average molecular weight is 416 g/mol. The van der Waals surface area contributed by atoms with Gasteiger partial charge in [-0.2, -0.15) is 0 Å². The Labute approximate surface area is 155 Å². The molecule has 3 aromatic heterocycles. The van der Waals surface area contributed by atoms with Gasteiger partial charge in [-0.1, -0.05) is 34.1 Å². The molecule has 0 radical (unpaired) electrons. The minimum atomic E-state index is 0.556. The standard InChI is InChI=1S/C17H10BrN3OS2/c18-12-4-1-3-11(7-12)14-9-19-17(22-14)24-16-8-13(20-10-21-16)15-5-2-6-23-15/h1-10H. The van der Waals surface area contributed by atoms with Crippen LogP contribution in [0, 0.1) is 0 Å². The zero-order valence-corrected chi connectivity index (χ0v) is 15.4. The lowest BCUT2D eigenvalue weighted by molar-refractivity contribution is 0.466. The third-order valence-electron chi connectivity index (χ3n) is 3.20. The summed E-state index contributed by atoms with van der Waals surface area (Å²) in [6, 6.07) is 13.9. The molecule has 0 unspecified atom stereocenters. The Morgan fingerprint density at radius 1 is 1.04 bits per heavy atom. The highest BCUT2D eigenvalue weighted by Gasteiger charge is 2.10. The predicted molar refractivity (Wildman–Crippen MR) is 99.1 cm³/mol. The van der Waals surface area contributed by atoms with Gasteiger partial charge in [-0.25, -0.2) is 15.0 Å². The summed E-state index contributed by atoms with van der Waals surface area (Å²) in [7, 11) is 0. The molecular formula is C17H10BrN3OS2. The summed E-state index contributed by atoms with van der Waals surface area (Å²) >= 11 is 6.50. The smallest absolute Gasteiger partial charge is 0.262 e. The lowest BCUT2D eigenvalue weighted by Crippen LogP contribution is -1.85. The van der Waals surface area contributed by atoms with Gasteiger partial charge in [0.1, 0.15) is 11.4 Å². The monoisotopic (exact) mass is 415 g/mol. The van der Waals surface area contributed by atoms with Crippen LogP contribution in [0.15, 0.2) is 79.5 Å². The minimum Gasteiger partial charge on any atom is -0.431 e. The quantitative estimate of drug-likeness (QED) is 0.395. The molecule has 1 aromatic carbocycles. The first-order valence-electron chi connectivity index (χ1n) is 7.03. The second-order valence-electron chi connectivity index (χ2n) is 4.82. The third-order valence-corrected chi connectivity index (χ3v) is 5.38. The van der Waals surface area contributed by atoms with Gasteiger partial charge in [-0.05, 0) is 41.4 Å². The number of oxazole rings is 1. The number of benzene rings is 1. The van der Waals surface area contributed by atoms with Gasteiger partial charge in [-0.15, -0.1) is 11.3 Å². The maximum absolute atomic E-state index is 5.83. The first kappa shape index (κ1) is 15.6. The van der Waals surface area contributed by atoms with E-state index in [1.165, 1.54) is 11.8 Å². The Balaban J connectivity index is 1.57. The van der Waals surface area contributed by atoms with E-state index < -0.39 is 0 Å². The zero-order valence-electron chi connectivity index (χ0n) is 12.2. The van der Waals surface area contributed by atoms with E-state index in [4.69, 9.17) is 4.42 Å². The van der Waals surface area contributed by atoms with E-state index in [9.17, 15) is 0 Å². The fraction of sp³-hybridized carbons (Fsp3) is 0. The van der Waals surface area contributed by atoms with Gasteiger partial charge in [0.15, 0.2) is 5.76 Å². The van der Waals surface area contributed by atoms with Crippen molar-refractivity contribution >= 4 is 39.0 Å². The Morgan fingerprint density at radius 3 is 2.83 bits per heavy atom. The molecule has 0 fully saturated rings. The molecule has 0 aliphatic rings. The van der Waals surface area contributed by atoms with Gasteiger partial charge in [0, 0.05) is 10.0 Å². The van der Waals surface area contributed by atoms with Gasteiger partial charge in [-0.3, -0.25) is 0 Å². The van der Waals surface area contributed by atoms with E-state index >= 15 is 0 Å². The molecule has 0 aliphatic heterocycles. The Bertz CT molecular complexity index is 969. The summed E-state index contributed by atoms with van der Waals surface area (Å²) in [6.45, 7) is 0. The maximum atomic E-state index is 5.83. The second-order valence-corrected chi connectivity index (χ2v) is 7.66. The van der Waals surface area contributed by atoms with E-state index in [0.29, 0.717) is 5.22 Å². The maximum Gasteiger partial charge on any atom is 0.262 e. The molecular weight excluding hydrogens is 406 g/mol. The van der Waals surface area contributed by atoms with Crippen molar-refractivity contribution in [3.8, 4) is 21.9 Å². The van der Waals surface area contributed by atoms with E-state index in [1.54, 1.807) is 23.9 Å². The number of rotatable bonds is 4. The molecule has 0 spiro atoms. The van der Waals surface area contributed by atoms with Crippen LogP contribution in [0.5, 0.6) is 0 Å². The topological polar surface area (TPSA) is 51.8 Å². The second kappa shape index (κ2) is 6.88. The largest absolute Gasteiger partial charge is 0.431 e. The number of halogens is 1. The summed E-state index contributed by atoms with van der Waals surface area (Å²) in [6.07, 6.45) is 3.29. The average Bonchev–Trinajstić information content (AvgIpc) is 3.27. The van der Waals surface area contributed by atoms with Crippen molar-refractivity contribution in [3.05, 3.63) is 64.8 Å². The SMILES string of the molecule is Brc1cccc(-c2cnc(Sc3cc(-c4cccs4)ncn3)o2)c1. The van der Waals surface area contributed by atoms with Crippen molar-refractivity contribution in [3.63, 3.8) is 0 Å². The fourth-order valence-corrected chi connectivity index (χ4v) is 3.90. The van der Waals surface area contributed by atoms with E-state index in [0.717, 1.165) is 31.4 Å². The van der Waals surface area contributed by atoms with Crippen LogP contribution in [0.25, 0.3) is 21.9 Å². The molecule has 4 nitrogen and oxygen atoms in total. The lowest BCUT2D eigenvalue weighted by atomic mass is 10.2. The van der Waals surface area contributed by atoms with Crippen molar-refractivity contribution in [2.24, 2.45) is 0 Å². The Morgan fingerprint density at radius 2 is 2.00 bits per heavy atom. The Kier molecular flexibility index (Phi) is 4.46. The first-order valence-corrected chi connectivity index (χ1v) is 9.52. The van der Waals surface area contributed by atoms with E-state index in [1.807, 2.05) is 47.8 Å². The molecule has 0 bridgehead atoms. The van der Waals surface area contributed by atoms with Crippen LogP contribution in [-0.2, 0) is 0 Å². The number of hydrogen-bond acceptors (Lipinski definition) is 6.